The zero-order valence-electron chi connectivity index (χ0n) is 19.6. The van der Waals surface area contributed by atoms with Crippen LogP contribution in [0.4, 0.5) is 32.0 Å². The van der Waals surface area contributed by atoms with E-state index < -0.39 is 41.8 Å². The van der Waals surface area contributed by atoms with Gasteiger partial charge in [0.2, 0.25) is 0 Å². The van der Waals surface area contributed by atoms with Gasteiger partial charge in [-0.25, -0.2) is 9.37 Å². The summed E-state index contributed by atoms with van der Waals surface area (Å²) in [6.07, 6.45) is -3.12. The van der Waals surface area contributed by atoms with E-state index in [1.54, 1.807) is 19.9 Å². The number of aromatic nitrogens is 1. The monoisotopic (exact) mass is 521 g/mol. The van der Waals surface area contributed by atoms with E-state index >= 15 is 0 Å². The molecule has 1 aromatic heterocycles. The Morgan fingerprint density at radius 2 is 1.62 bits per heavy atom. The second kappa shape index (κ2) is 9.79. The highest BCUT2D eigenvalue weighted by Gasteiger charge is 2.39. The van der Waals surface area contributed by atoms with Crippen molar-refractivity contribution in [3.63, 3.8) is 0 Å². The lowest BCUT2D eigenvalue weighted by atomic mass is 9.98. The van der Waals surface area contributed by atoms with Crippen LogP contribution in [0.1, 0.15) is 36.8 Å². The molecule has 0 saturated carbocycles. The molecule has 0 bridgehead atoms. The van der Waals surface area contributed by atoms with E-state index in [9.17, 15) is 31.1 Å². The molecule has 0 fully saturated rings. The van der Waals surface area contributed by atoms with Crippen LogP contribution < -0.4 is 15.0 Å². The Balaban J connectivity index is 1.69. The fourth-order valence-corrected chi connectivity index (χ4v) is 4.00. The van der Waals surface area contributed by atoms with Crippen molar-refractivity contribution in [1.82, 2.24) is 10.3 Å². The number of nitrogens with one attached hydrogen (secondary N) is 1. The molecule has 11 heteroatoms. The van der Waals surface area contributed by atoms with Gasteiger partial charge in [-0.1, -0.05) is 18.2 Å². The van der Waals surface area contributed by atoms with Crippen molar-refractivity contribution in [2.24, 2.45) is 0 Å². The van der Waals surface area contributed by atoms with Gasteiger partial charge in [0.05, 0.1) is 23.0 Å². The molecule has 3 aromatic rings. The van der Waals surface area contributed by atoms with Crippen molar-refractivity contribution in [2.75, 3.05) is 4.90 Å². The second-order valence-corrected chi connectivity index (χ2v) is 8.78. The normalized spacial score (nSPS) is 16.2. The summed E-state index contributed by atoms with van der Waals surface area (Å²) in [4.78, 5) is 18.6. The van der Waals surface area contributed by atoms with Gasteiger partial charge in [-0.2, -0.15) is 22.0 Å². The highest BCUT2D eigenvalue weighted by molar-refractivity contribution is 6.09. The van der Waals surface area contributed by atoms with Crippen molar-refractivity contribution in [1.29, 1.82) is 0 Å². The fraction of sp³-hybridized carbons (Fsp3) is 0.231. The van der Waals surface area contributed by atoms with Crippen LogP contribution in [0.25, 0.3) is 0 Å². The van der Waals surface area contributed by atoms with Crippen LogP contribution >= 0.6 is 0 Å². The van der Waals surface area contributed by atoms with Gasteiger partial charge in [0.15, 0.2) is 0 Å². The third-order valence-corrected chi connectivity index (χ3v) is 5.71. The number of ether oxygens (including phenoxy) is 1. The molecule has 5 nitrogen and oxygen atoms in total. The summed E-state index contributed by atoms with van der Waals surface area (Å²) < 4.78 is 83.0. The Bertz CT molecular complexity index is 1320. The van der Waals surface area contributed by atoms with E-state index in [-0.39, 0.29) is 17.1 Å². The van der Waals surface area contributed by atoms with Gasteiger partial charge in [-0.15, -0.1) is 0 Å². The highest BCUT2D eigenvalue weighted by atomic mass is 19.4. The van der Waals surface area contributed by atoms with Crippen LogP contribution in [-0.2, 0) is 16.5 Å². The van der Waals surface area contributed by atoms with Crippen molar-refractivity contribution in [2.45, 2.75) is 38.2 Å². The lowest BCUT2D eigenvalue weighted by Gasteiger charge is -2.29. The maximum atomic E-state index is 14.0. The summed E-state index contributed by atoms with van der Waals surface area (Å²) >= 11 is 0. The van der Waals surface area contributed by atoms with Crippen molar-refractivity contribution in [3.8, 4) is 5.75 Å². The Kier molecular flexibility index (Phi) is 6.90. The third-order valence-electron chi connectivity index (χ3n) is 5.71. The number of nitrogens with zero attached hydrogens (tertiary/aromatic N) is 2. The van der Waals surface area contributed by atoms with Gasteiger partial charge in [-0.3, -0.25) is 9.69 Å². The number of alkyl halides is 5. The molecule has 1 atom stereocenters. The molecular weight excluding hydrogens is 500 g/mol. The fourth-order valence-electron chi connectivity index (χ4n) is 4.00. The molecule has 1 N–H and O–H groups in total. The molecule has 0 radical (unpaired) electrons. The number of pyridine rings is 1. The average Bonchev–Trinajstić information content (AvgIpc) is 3.14. The minimum absolute atomic E-state index is 0.0466. The van der Waals surface area contributed by atoms with Gasteiger partial charge in [0, 0.05) is 5.69 Å². The van der Waals surface area contributed by atoms with Crippen molar-refractivity contribution < 1.29 is 35.9 Å². The van der Waals surface area contributed by atoms with E-state index in [2.05, 4.69) is 15.0 Å². The number of rotatable bonds is 7. The molecule has 4 rings (SSSR count). The summed E-state index contributed by atoms with van der Waals surface area (Å²) in [5.41, 5.74) is -1.45. The van der Waals surface area contributed by atoms with E-state index in [1.165, 1.54) is 65.6 Å². The van der Waals surface area contributed by atoms with Gasteiger partial charge in [0.25, 0.3) is 5.91 Å². The zero-order chi connectivity index (χ0) is 27.0. The van der Waals surface area contributed by atoms with Crippen LogP contribution in [0.2, 0.25) is 0 Å². The molecular formula is C26H21F6N3O2. The van der Waals surface area contributed by atoms with Crippen LogP contribution in [0, 0.1) is 5.82 Å². The number of anilines is 1. The van der Waals surface area contributed by atoms with Crippen molar-refractivity contribution >= 4 is 11.6 Å². The third kappa shape index (κ3) is 5.71. The topological polar surface area (TPSA) is 54.5 Å². The molecule has 194 valence electrons. The quantitative estimate of drug-likeness (QED) is 0.369. The van der Waals surface area contributed by atoms with Gasteiger partial charge < -0.3 is 10.1 Å². The summed E-state index contributed by atoms with van der Waals surface area (Å²) in [5.74, 6) is -1.21. The molecule has 2 aromatic carbocycles. The van der Waals surface area contributed by atoms with E-state index in [0.717, 1.165) is 6.07 Å². The maximum absolute atomic E-state index is 14.0. The first-order valence-electron chi connectivity index (χ1n) is 11.0. The Morgan fingerprint density at radius 1 is 0.973 bits per heavy atom. The number of hydrogen-bond donors (Lipinski definition) is 1. The number of carbonyl (C=O) groups is 1. The SMILES string of the molecule is CC(C)(NC1=CC(c2cccc(F)c2)N(c2ccc(OC(F)F)cc2)C1=O)c1cccc(C(F)(F)F)n1. The first-order chi connectivity index (χ1) is 17.3. The number of carbonyl (C=O) groups excluding carboxylic acids is 1. The minimum Gasteiger partial charge on any atom is -0.435 e. The number of halogens is 6. The van der Waals surface area contributed by atoms with E-state index in [0.29, 0.717) is 11.3 Å². The minimum atomic E-state index is -4.64. The Labute approximate surface area is 208 Å². The lowest BCUT2D eigenvalue weighted by molar-refractivity contribution is -0.141. The summed E-state index contributed by atoms with van der Waals surface area (Å²) in [7, 11) is 0. The molecule has 1 amide bonds. The summed E-state index contributed by atoms with van der Waals surface area (Å²) in [6, 6.07) is 13.6. The predicted molar refractivity (Wildman–Crippen MR) is 123 cm³/mol. The Morgan fingerprint density at radius 3 is 2.24 bits per heavy atom. The van der Waals surface area contributed by atoms with Crippen LogP contribution in [0.3, 0.4) is 0 Å². The smallest absolute Gasteiger partial charge is 0.433 e. The molecule has 2 heterocycles. The van der Waals surface area contributed by atoms with Crippen LogP contribution in [-0.4, -0.2) is 17.5 Å². The molecule has 0 spiro atoms. The molecule has 0 aliphatic carbocycles. The maximum Gasteiger partial charge on any atom is 0.433 e. The predicted octanol–water partition coefficient (Wildman–Crippen LogP) is 6.34. The summed E-state index contributed by atoms with van der Waals surface area (Å²) in [6.45, 7) is 0.114. The molecule has 1 aliphatic rings. The van der Waals surface area contributed by atoms with E-state index in [4.69, 9.17) is 0 Å². The Hall–Kier alpha value is -4.02. The van der Waals surface area contributed by atoms with Gasteiger partial charge in [0.1, 0.15) is 17.3 Å². The lowest BCUT2D eigenvalue weighted by Crippen LogP contribution is -2.41. The van der Waals surface area contributed by atoms with Gasteiger partial charge >= 0.3 is 12.8 Å². The first kappa shape index (κ1) is 26.1. The highest BCUT2D eigenvalue weighted by Crippen LogP contribution is 2.37. The number of hydrogen-bond acceptors (Lipinski definition) is 4. The van der Waals surface area contributed by atoms with Crippen LogP contribution in [0.15, 0.2) is 78.5 Å². The van der Waals surface area contributed by atoms with Crippen LogP contribution in [0.5, 0.6) is 5.75 Å². The van der Waals surface area contributed by atoms with E-state index in [1.807, 2.05) is 0 Å². The summed E-state index contributed by atoms with van der Waals surface area (Å²) in [5, 5.41) is 2.97. The number of benzene rings is 2. The first-order valence-corrected chi connectivity index (χ1v) is 11.0. The van der Waals surface area contributed by atoms with Crippen molar-refractivity contribution in [3.05, 3.63) is 101 Å². The largest absolute Gasteiger partial charge is 0.435 e. The zero-order valence-corrected chi connectivity index (χ0v) is 19.6. The second-order valence-electron chi connectivity index (χ2n) is 8.78. The molecule has 37 heavy (non-hydrogen) atoms. The standard InChI is InChI=1S/C26H21F6N3O2/c1-25(2,21-7-4-8-22(33-21)26(30,31)32)34-19-14-20(15-5-3-6-16(27)13-15)35(23(19)36)17-9-11-18(12-10-17)37-24(28)29/h3-14,20,24,34H,1-2H3. The molecule has 1 aliphatic heterocycles. The van der Waals surface area contributed by atoms with Gasteiger partial charge in [-0.05, 0) is 74.0 Å². The number of amides is 1. The molecule has 1 unspecified atom stereocenters. The average molecular weight is 521 g/mol. The molecule has 0 saturated heterocycles.